The van der Waals surface area contributed by atoms with Gasteiger partial charge in [-0.3, -0.25) is 4.79 Å². The second-order valence-electron chi connectivity index (χ2n) is 4.05. The van der Waals surface area contributed by atoms with Crippen molar-refractivity contribution in [1.29, 1.82) is 0 Å². The molecule has 1 amide bonds. The standard InChI is InChI=1S/C14H13FN2O2/c15-12-7-10(4-5-13(12)16)14(19)17-11-3-1-2-9(6-11)8-18/h1-7,18H,8,16H2,(H,17,19). The number of halogens is 1. The summed E-state index contributed by atoms with van der Waals surface area (Å²) >= 11 is 0. The molecule has 2 aromatic rings. The Morgan fingerprint density at radius 3 is 2.74 bits per heavy atom. The van der Waals surface area contributed by atoms with Crippen molar-refractivity contribution < 1.29 is 14.3 Å². The maximum atomic E-state index is 13.3. The van der Waals surface area contributed by atoms with E-state index in [1.807, 2.05) is 0 Å². The highest BCUT2D eigenvalue weighted by molar-refractivity contribution is 6.04. The van der Waals surface area contributed by atoms with Crippen molar-refractivity contribution in [2.24, 2.45) is 0 Å². The lowest BCUT2D eigenvalue weighted by molar-refractivity contribution is 0.102. The van der Waals surface area contributed by atoms with Gasteiger partial charge in [-0.05, 0) is 35.9 Å². The molecule has 0 saturated carbocycles. The van der Waals surface area contributed by atoms with E-state index >= 15 is 0 Å². The summed E-state index contributed by atoms with van der Waals surface area (Å²) in [7, 11) is 0. The first kappa shape index (κ1) is 13.0. The van der Waals surface area contributed by atoms with Crippen LogP contribution < -0.4 is 11.1 Å². The van der Waals surface area contributed by atoms with Gasteiger partial charge in [-0.25, -0.2) is 4.39 Å². The molecule has 0 atom stereocenters. The largest absolute Gasteiger partial charge is 0.396 e. The van der Waals surface area contributed by atoms with Crippen LogP contribution in [0.25, 0.3) is 0 Å². The number of aliphatic hydroxyl groups excluding tert-OH is 1. The maximum Gasteiger partial charge on any atom is 0.255 e. The van der Waals surface area contributed by atoms with Crippen molar-refractivity contribution in [3.63, 3.8) is 0 Å². The molecular formula is C14H13FN2O2. The van der Waals surface area contributed by atoms with E-state index in [1.54, 1.807) is 24.3 Å². The Bertz CT molecular complexity index is 614. The van der Waals surface area contributed by atoms with Crippen LogP contribution in [0.2, 0.25) is 0 Å². The Labute approximate surface area is 109 Å². The van der Waals surface area contributed by atoms with Crippen LogP contribution in [0.4, 0.5) is 15.8 Å². The molecule has 0 heterocycles. The van der Waals surface area contributed by atoms with E-state index in [4.69, 9.17) is 10.8 Å². The molecule has 4 N–H and O–H groups in total. The number of benzene rings is 2. The Morgan fingerprint density at radius 2 is 2.05 bits per heavy atom. The fourth-order valence-corrected chi connectivity index (χ4v) is 1.62. The molecule has 0 aliphatic rings. The number of nitrogens with two attached hydrogens (primary N) is 1. The number of nitrogens with one attached hydrogen (secondary N) is 1. The van der Waals surface area contributed by atoms with E-state index in [-0.39, 0.29) is 17.9 Å². The minimum absolute atomic E-state index is 0.00109. The van der Waals surface area contributed by atoms with Crippen LogP contribution in [0.1, 0.15) is 15.9 Å². The zero-order valence-corrected chi connectivity index (χ0v) is 10.1. The summed E-state index contributed by atoms with van der Waals surface area (Å²) in [6, 6.07) is 10.7. The topological polar surface area (TPSA) is 75.4 Å². The Morgan fingerprint density at radius 1 is 1.26 bits per heavy atom. The molecule has 98 valence electrons. The summed E-state index contributed by atoms with van der Waals surface area (Å²) in [6.07, 6.45) is 0. The molecule has 0 radical (unpaired) electrons. The summed E-state index contributed by atoms with van der Waals surface area (Å²) in [4.78, 5) is 11.9. The van der Waals surface area contributed by atoms with Gasteiger partial charge >= 0.3 is 0 Å². The Balaban J connectivity index is 2.18. The van der Waals surface area contributed by atoms with E-state index in [2.05, 4.69) is 5.32 Å². The van der Waals surface area contributed by atoms with Gasteiger partial charge in [0.05, 0.1) is 12.3 Å². The van der Waals surface area contributed by atoms with Gasteiger partial charge in [-0.1, -0.05) is 12.1 Å². The summed E-state index contributed by atoms with van der Waals surface area (Å²) in [5.41, 5.74) is 6.74. The van der Waals surface area contributed by atoms with Gasteiger partial charge in [-0.15, -0.1) is 0 Å². The number of hydrogen-bond acceptors (Lipinski definition) is 3. The molecule has 5 heteroatoms. The van der Waals surface area contributed by atoms with Crippen LogP contribution in [-0.4, -0.2) is 11.0 Å². The Kier molecular flexibility index (Phi) is 3.77. The van der Waals surface area contributed by atoms with E-state index in [0.717, 1.165) is 6.07 Å². The van der Waals surface area contributed by atoms with Crippen molar-refractivity contribution in [2.75, 3.05) is 11.1 Å². The normalized spacial score (nSPS) is 10.2. The average molecular weight is 260 g/mol. The predicted octanol–water partition coefficient (Wildman–Crippen LogP) is 2.15. The molecule has 0 bridgehead atoms. The molecule has 0 aromatic heterocycles. The van der Waals surface area contributed by atoms with Crippen LogP contribution >= 0.6 is 0 Å². The quantitative estimate of drug-likeness (QED) is 0.740. The lowest BCUT2D eigenvalue weighted by Crippen LogP contribution is -2.12. The predicted molar refractivity (Wildman–Crippen MR) is 71.1 cm³/mol. The van der Waals surface area contributed by atoms with E-state index < -0.39 is 11.7 Å². The smallest absolute Gasteiger partial charge is 0.255 e. The molecule has 2 rings (SSSR count). The fourth-order valence-electron chi connectivity index (χ4n) is 1.62. The lowest BCUT2D eigenvalue weighted by atomic mass is 10.1. The molecule has 0 aliphatic carbocycles. The summed E-state index contributed by atoms with van der Waals surface area (Å²) in [6.45, 7) is -0.111. The summed E-state index contributed by atoms with van der Waals surface area (Å²) in [5.74, 6) is -1.06. The van der Waals surface area contributed by atoms with Crippen molar-refractivity contribution in [1.82, 2.24) is 0 Å². The molecule has 0 fully saturated rings. The average Bonchev–Trinajstić information content (AvgIpc) is 2.42. The molecule has 0 saturated heterocycles. The molecule has 4 nitrogen and oxygen atoms in total. The number of anilines is 2. The second kappa shape index (κ2) is 5.49. The number of carbonyl (C=O) groups is 1. The van der Waals surface area contributed by atoms with Crippen LogP contribution in [0.5, 0.6) is 0 Å². The maximum absolute atomic E-state index is 13.3. The van der Waals surface area contributed by atoms with Crippen LogP contribution in [0, 0.1) is 5.82 Å². The number of aliphatic hydroxyl groups is 1. The van der Waals surface area contributed by atoms with Gasteiger partial charge < -0.3 is 16.2 Å². The highest BCUT2D eigenvalue weighted by Crippen LogP contribution is 2.15. The first-order valence-electron chi connectivity index (χ1n) is 5.66. The first-order valence-corrected chi connectivity index (χ1v) is 5.66. The van der Waals surface area contributed by atoms with Crippen LogP contribution in [-0.2, 0) is 6.61 Å². The minimum Gasteiger partial charge on any atom is -0.396 e. The third kappa shape index (κ3) is 3.08. The van der Waals surface area contributed by atoms with Crippen molar-refractivity contribution >= 4 is 17.3 Å². The molecular weight excluding hydrogens is 247 g/mol. The van der Waals surface area contributed by atoms with Gasteiger partial charge in [-0.2, -0.15) is 0 Å². The molecule has 0 aliphatic heterocycles. The van der Waals surface area contributed by atoms with Gasteiger partial charge in [0.25, 0.3) is 5.91 Å². The monoisotopic (exact) mass is 260 g/mol. The first-order chi connectivity index (χ1) is 9.10. The zero-order valence-electron chi connectivity index (χ0n) is 10.1. The second-order valence-corrected chi connectivity index (χ2v) is 4.05. The molecule has 2 aromatic carbocycles. The zero-order chi connectivity index (χ0) is 13.8. The third-order valence-corrected chi connectivity index (χ3v) is 2.63. The summed E-state index contributed by atoms with van der Waals surface area (Å²) < 4.78 is 13.3. The Hall–Kier alpha value is -2.40. The molecule has 19 heavy (non-hydrogen) atoms. The van der Waals surface area contributed by atoms with Gasteiger partial charge in [0.15, 0.2) is 0 Å². The van der Waals surface area contributed by atoms with Crippen molar-refractivity contribution in [2.45, 2.75) is 6.61 Å². The lowest BCUT2D eigenvalue weighted by Gasteiger charge is -2.07. The minimum atomic E-state index is -0.628. The number of carbonyl (C=O) groups excluding carboxylic acids is 1. The van der Waals surface area contributed by atoms with E-state index in [0.29, 0.717) is 11.3 Å². The highest BCUT2D eigenvalue weighted by atomic mass is 19.1. The number of nitrogen functional groups attached to an aromatic ring is 1. The number of amides is 1. The van der Waals surface area contributed by atoms with Crippen molar-refractivity contribution in [3.8, 4) is 0 Å². The SMILES string of the molecule is Nc1ccc(C(=O)Nc2cccc(CO)c2)cc1F. The van der Waals surface area contributed by atoms with Crippen LogP contribution in [0.3, 0.4) is 0 Å². The number of rotatable bonds is 3. The van der Waals surface area contributed by atoms with Crippen molar-refractivity contribution in [3.05, 3.63) is 59.4 Å². The highest BCUT2D eigenvalue weighted by Gasteiger charge is 2.09. The number of hydrogen-bond donors (Lipinski definition) is 3. The van der Waals surface area contributed by atoms with E-state index in [1.165, 1.54) is 12.1 Å². The third-order valence-electron chi connectivity index (χ3n) is 2.63. The van der Waals surface area contributed by atoms with Gasteiger partial charge in [0, 0.05) is 11.3 Å². The molecule has 0 spiro atoms. The fraction of sp³-hybridized carbons (Fsp3) is 0.0714. The summed E-state index contributed by atoms with van der Waals surface area (Å²) in [5, 5.41) is 11.6. The van der Waals surface area contributed by atoms with Crippen LogP contribution in [0.15, 0.2) is 42.5 Å². The van der Waals surface area contributed by atoms with Gasteiger partial charge in [0.2, 0.25) is 0 Å². The van der Waals surface area contributed by atoms with E-state index in [9.17, 15) is 9.18 Å². The molecule has 0 unspecified atom stereocenters. The van der Waals surface area contributed by atoms with Gasteiger partial charge in [0.1, 0.15) is 5.82 Å².